The fourth-order valence-corrected chi connectivity index (χ4v) is 3.37. The molecule has 28 heavy (non-hydrogen) atoms. The van der Waals surface area contributed by atoms with Gasteiger partial charge in [-0.3, -0.25) is 4.79 Å². The van der Waals surface area contributed by atoms with Gasteiger partial charge in [0, 0.05) is 11.3 Å². The maximum absolute atomic E-state index is 13.7. The van der Waals surface area contributed by atoms with E-state index in [4.69, 9.17) is 4.74 Å². The SMILES string of the molecule is O=C(COC(=O)c1nn(-c2ccccc2)c2c1CCC2)c1cc(F)ccc1F. The Morgan fingerprint density at radius 2 is 1.86 bits per heavy atom. The van der Waals surface area contributed by atoms with Crippen molar-refractivity contribution >= 4 is 11.8 Å². The van der Waals surface area contributed by atoms with Crippen molar-refractivity contribution in [2.24, 2.45) is 0 Å². The highest BCUT2D eigenvalue weighted by Crippen LogP contribution is 2.28. The predicted octanol–water partition coefficient (Wildman–Crippen LogP) is 3.68. The first kappa shape index (κ1) is 18.0. The van der Waals surface area contributed by atoms with Gasteiger partial charge < -0.3 is 4.74 Å². The maximum atomic E-state index is 13.7. The summed E-state index contributed by atoms with van der Waals surface area (Å²) in [4.78, 5) is 24.6. The zero-order valence-corrected chi connectivity index (χ0v) is 14.8. The van der Waals surface area contributed by atoms with Crippen molar-refractivity contribution in [3.05, 3.63) is 82.7 Å². The van der Waals surface area contributed by atoms with Crippen molar-refractivity contribution in [2.75, 3.05) is 6.61 Å². The number of halogens is 2. The lowest BCUT2D eigenvalue weighted by Crippen LogP contribution is -2.17. The number of esters is 1. The van der Waals surface area contributed by atoms with Crippen LogP contribution >= 0.6 is 0 Å². The minimum absolute atomic E-state index is 0.156. The Balaban J connectivity index is 1.54. The van der Waals surface area contributed by atoms with E-state index in [-0.39, 0.29) is 5.69 Å². The van der Waals surface area contributed by atoms with Crippen molar-refractivity contribution in [3.63, 3.8) is 0 Å². The number of carbonyl (C=O) groups excluding carboxylic acids is 2. The molecular weight excluding hydrogens is 366 g/mol. The van der Waals surface area contributed by atoms with Crippen molar-refractivity contribution in [1.82, 2.24) is 9.78 Å². The second-order valence-electron chi connectivity index (χ2n) is 6.50. The highest BCUT2D eigenvalue weighted by Gasteiger charge is 2.28. The molecule has 0 unspecified atom stereocenters. The summed E-state index contributed by atoms with van der Waals surface area (Å²) in [6, 6.07) is 12.0. The molecule has 142 valence electrons. The third-order valence-corrected chi connectivity index (χ3v) is 4.69. The molecule has 1 aromatic heterocycles. The molecule has 0 saturated carbocycles. The Morgan fingerprint density at radius 1 is 1.07 bits per heavy atom. The number of hydrogen-bond donors (Lipinski definition) is 0. The lowest BCUT2D eigenvalue weighted by atomic mass is 10.1. The van der Waals surface area contributed by atoms with Gasteiger partial charge in [0.1, 0.15) is 11.6 Å². The Labute approximate surface area is 159 Å². The van der Waals surface area contributed by atoms with Gasteiger partial charge >= 0.3 is 5.97 Å². The average molecular weight is 382 g/mol. The summed E-state index contributed by atoms with van der Waals surface area (Å²) in [5.41, 5.74) is 2.29. The number of hydrogen-bond acceptors (Lipinski definition) is 4. The molecule has 0 spiro atoms. The quantitative estimate of drug-likeness (QED) is 0.499. The second kappa shape index (κ2) is 7.34. The minimum Gasteiger partial charge on any atom is -0.453 e. The molecule has 0 radical (unpaired) electrons. The first-order valence-corrected chi connectivity index (χ1v) is 8.86. The van der Waals surface area contributed by atoms with E-state index < -0.39 is 35.6 Å². The number of nitrogens with zero attached hydrogens (tertiary/aromatic N) is 2. The summed E-state index contributed by atoms with van der Waals surface area (Å²) in [5.74, 6) is -3.17. The number of para-hydroxylation sites is 1. The van der Waals surface area contributed by atoms with E-state index in [1.807, 2.05) is 30.3 Å². The summed E-state index contributed by atoms with van der Waals surface area (Å²) in [7, 11) is 0. The normalized spacial score (nSPS) is 12.6. The molecule has 1 aliphatic carbocycles. The molecule has 1 aliphatic rings. The van der Waals surface area contributed by atoms with E-state index in [1.165, 1.54) is 0 Å². The fourth-order valence-electron chi connectivity index (χ4n) is 3.37. The molecule has 0 saturated heterocycles. The monoisotopic (exact) mass is 382 g/mol. The third kappa shape index (κ3) is 3.31. The molecule has 0 fully saturated rings. The molecule has 7 heteroatoms. The Kier molecular flexibility index (Phi) is 4.73. The van der Waals surface area contributed by atoms with E-state index in [0.29, 0.717) is 6.42 Å². The predicted molar refractivity (Wildman–Crippen MR) is 96.6 cm³/mol. The van der Waals surface area contributed by atoms with Gasteiger partial charge in [0.2, 0.25) is 5.78 Å². The van der Waals surface area contributed by atoms with Gasteiger partial charge in [0.15, 0.2) is 12.3 Å². The molecule has 5 nitrogen and oxygen atoms in total. The fraction of sp³-hybridized carbons (Fsp3) is 0.190. The molecule has 2 aromatic carbocycles. The van der Waals surface area contributed by atoms with Crippen molar-refractivity contribution in [1.29, 1.82) is 0 Å². The first-order chi connectivity index (χ1) is 13.5. The number of ketones is 1. The van der Waals surface area contributed by atoms with Gasteiger partial charge in [-0.25, -0.2) is 18.3 Å². The molecule has 0 aliphatic heterocycles. The van der Waals surface area contributed by atoms with E-state index >= 15 is 0 Å². The topological polar surface area (TPSA) is 61.2 Å². The summed E-state index contributed by atoms with van der Waals surface area (Å²) in [6.07, 6.45) is 2.38. The van der Waals surface area contributed by atoms with Crippen LogP contribution in [0.5, 0.6) is 0 Å². The van der Waals surface area contributed by atoms with Gasteiger partial charge in [-0.05, 0) is 49.6 Å². The summed E-state index contributed by atoms with van der Waals surface area (Å²) in [6.45, 7) is -0.688. The van der Waals surface area contributed by atoms with Crippen LogP contribution in [0.15, 0.2) is 48.5 Å². The number of aromatic nitrogens is 2. The lowest BCUT2D eigenvalue weighted by Gasteiger charge is -2.05. The Hall–Kier alpha value is -3.35. The van der Waals surface area contributed by atoms with Crippen LogP contribution in [-0.2, 0) is 17.6 Å². The largest absolute Gasteiger partial charge is 0.453 e. The van der Waals surface area contributed by atoms with E-state index in [9.17, 15) is 18.4 Å². The molecular formula is C21H16F2N2O3. The summed E-state index contributed by atoms with van der Waals surface area (Å²) in [5, 5.41) is 4.38. The van der Waals surface area contributed by atoms with Crippen LogP contribution in [0.2, 0.25) is 0 Å². The standard InChI is InChI=1S/C21H16F2N2O3/c22-13-9-10-17(23)16(11-13)19(26)12-28-21(27)20-15-7-4-8-18(15)25(24-20)14-5-2-1-3-6-14/h1-3,5-6,9-11H,4,7-8,12H2. The maximum Gasteiger partial charge on any atom is 0.359 e. The van der Waals surface area contributed by atoms with Crippen LogP contribution in [0.4, 0.5) is 8.78 Å². The summed E-state index contributed by atoms with van der Waals surface area (Å²) >= 11 is 0. The van der Waals surface area contributed by atoms with Crippen molar-refractivity contribution < 1.29 is 23.1 Å². The van der Waals surface area contributed by atoms with Crippen LogP contribution in [-0.4, -0.2) is 28.1 Å². The van der Waals surface area contributed by atoms with E-state index in [2.05, 4.69) is 5.10 Å². The third-order valence-electron chi connectivity index (χ3n) is 4.69. The van der Waals surface area contributed by atoms with Crippen LogP contribution < -0.4 is 0 Å². The number of benzene rings is 2. The van der Waals surface area contributed by atoms with Gasteiger partial charge in [0.05, 0.1) is 11.3 Å². The molecule has 1 heterocycles. The molecule has 0 N–H and O–H groups in total. The Morgan fingerprint density at radius 3 is 2.64 bits per heavy atom. The molecule has 0 bridgehead atoms. The van der Waals surface area contributed by atoms with E-state index in [1.54, 1.807) is 4.68 Å². The zero-order valence-electron chi connectivity index (χ0n) is 14.8. The number of ether oxygens (including phenoxy) is 1. The molecule has 4 rings (SSSR count). The van der Waals surface area contributed by atoms with Crippen molar-refractivity contribution in [2.45, 2.75) is 19.3 Å². The summed E-state index contributed by atoms with van der Waals surface area (Å²) < 4.78 is 33.7. The highest BCUT2D eigenvalue weighted by molar-refractivity contribution is 5.99. The van der Waals surface area contributed by atoms with Gasteiger partial charge in [-0.2, -0.15) is 5.10 Å². The molecule has 3 aromatic rings. The highest BCUT2D eigenvalue weighted by atomic mass is 19.1. The first-order valence-electron chi connectivity index (χ1n) is 8.86. The minimum atomic E-state index is -0.864. The van der Waals surface area contributed by atoms with E-state index in [0.717, 1.165) is 48.0 Å². The number of fused-ring (bicyclic) bond motifs is 1. The number of rotatable bonds is 5. The zero-order chi connectivity index (χ0) is 19.7. The van der Waals surface area contributed by atoms with Gasteiger partial charge in [-0.1, -0.05) is 18.2 Å². The van der Waals surface area contributed by atoms with Crippen LogP contribution in [0.3, 0.4) is 0 Å². The van der Waals surface area contributed by atoms with Gasteiger partial charge in [0.25, 0.3) is 0 Å². The molecule has 0 amide bonds. The number of carbonyl (C=O) groups is 2. The average Bonchev–Trinajstić information content (AvgIpc) is 3.31. The second-order valence-corrected chi connectivity index (χ2v) is 6.50. The van der Waals surface area contributed by atoms with Crippen LogP contribution in [0.1, 0.15) is 38.5 Å². The van der Waals surface area contributed by atoms with Crippen LogP contribution in [0.25, 0.3) is 5.69 Å². The van der Waals surface area contributed by atoms with Crippen molar-refractivity contribution in [3.8, 4) is 5.69 Å². The Bertz CT molecular complexity index is 1060. The molecule has 0 atom stereocenters. The van der Waals surface area contributed by atoms with Gasteiger partial charge in [-0.15, -0.1) is 0 Å². The lowest BCUT2D eigenvalue weighted by molar-refractivity contribution is 0.0466. The van der Waals surface area contributed by atoms with Crippen LogP contribution in [0, 0.1) is 11.6 Å². The number of Topliss-reactive ketones (excluding diaryl/α,β-unsaturated/α-hetero) is 1. The smallest absolute Gasteiger partial charge is 0.359 e.